The molecule has 0 fully saturated rings. The Hall–Kier alpha value is -1.11. The third-order valence-electron chi connectivity index (χ3n) is 1.83. The largest absolute Gasteiger partial charge is 0.295 e. The molecule has 0 heterocycles. The molecule has 14 heavy (non-hydrogen) atoms. The zero-order valence-corrected chi connectivity index (χ0v) is 9.20. The predicted octanol–water partition coefficient (Wildman–Crippen LogP) is 3.82. The van der Waals surface area contributed by atoms with Gasteiger partial charge in [-0.1, -0.05) is 50.1 Å². The summed E-state index contributed by atoms with van der Waals surface area (Å²) in [6, 6.07) is 0. The molecule has 0 radical (unpaired) electrons. The Morgan fingerprint density at radius 1 is 1.07 bits per heavy atom. The lowest BCUT2D eigenvalue weighted by Crippen LogP contribution is -1.91. The van der Waals surface area contributed by atoms with Crippen molar-refractivity contribution < 1.29 is 4.79 Å². The number of rotatable bonds is 7. The second-order valence-corrected chi connectivity index (χ2v) is 3.19. The Bertz CT molecular complexity index is 221. The van der Waals surface area contributed by atoms with Gasteiger partial charge in [-0.2, -0.15) is 0 Å². The molecule has 78 valence electrons. The number of carbonyl (C=O) groups excluding carboxylic acids is 1. The number of ketones is 1. The second-order valence-electron chi connectivity index (χ2n) is 3.19. The maximum atomic E-state index is 11.2. The number of carbonyl (C=O) groups is 1. The van der Waals surface area contributed by atoms with E-state index in [1.165, 1.54) is 0 Å². The van der Waals surface area contributed by atoms with Crippen LogP contribution in [-0.2, 0) is 4.79 Å². The van der Waals surface area contributed by atoms with Gasteiger partial charge < -0.3 is 0 Å². The van der Waals surface area contributed by atoms with Crippen molar-refractivity contribution in [3.8, 4) is 0 Å². The summed E-state index contributed by atoms with van der Waals surface area (Å²) in [5.74, 6) is 0.226. The van der Waals surface area contributed by atoms with E-state index in [1.807, 2.05) is 31.2 Å². The van der Waals surface area contributed by atoms with Crippen LogP contribution in [0.2, 0.25) is 0 Å². The first kappa shape index (κ1) is 12.9. The highest BCUT2D eigenvalue weighted by molar-refractivity contribution is 5.89. The number of unbranched alkanes of at least 4 members (excludes halogenated alkanes) is 2. The van der Waals surface area contributed by atoms with Crippen LogP contribution >= 0.6 is 0 Å². The Morgan fingerprint density at radius 2 is 1.79 bits per heavy atom. The molecule has 0 aromatic carbocycles. The van der Waals surface area contributed by atoms with Crippen LogP contribution in [0.5, 0.6) is 0 Å². The first-order valence-corrected chi connectivity index (χ1v) is 5.30. The summed E-state index contributed by atoms with van der Waals surface area (Å²) in [6.45, 7) is 4.10. The van der Waals surface area contributed by atoms with Crippen molar-refractivity contribution in [1.82, 2.24) is 0 Å². The molecule has 0 aliphatic heterocycles. The third-order valence-corrected chi connectivity index (χ3v) is 1.83. The van der Waals surface area contributed by atoms with E-state index in [2.05, 4.69) is 6.92 Å². The first-order chi connectivity index (χ1) is 6.81. The van der Waals surface area contributed by atoms with Crippen LogP contribution in [0.4, 0.5) is 0 Å². The molecule has 0 atom stereocenters. The molecule has 0 rings (SSSR count). The molecule has 0 saturated heterocycles. The molecule has 0 aliphatic carbocycles. The molecule has 0 saturated carbocycles. The lowest BCUT2D eigenvalue weighted by molar-refractivity contribution is -0.114. The molecule has 0 amide bonds. The van der Waals surface area contributed by atoms with Gasteiger partial charge in [-0.05, 0) is 19.4 Å². The molecular weight excluding hydrogens is 172 g/mol. The molecule has 0 aromatic rings. The Balaban J connectivity index is 3.60. The molecule has 0 spiro atoms. The van der Waals surface area contributed by atoms with Gasteiger partial charge in [-0.15, -0.1) is 0 Å². The standard InChI is InChI=1S/C13H20O/c1-3-5-7-8-10-12-13(14)11-9-6-4-2/h3,5,7-8,10,12H,4,6,9,11H2,1-2H3. The summed E-state index contributed by atoms with van der Waals surface area (Å²) in [5, 5.41) is 0. The van der Waals surface area contributed by atoms with Crippen molar-refractivity contribution in [2.75, 3.05) is 0 Å². The number of hydrogen-bond acceptors (Lipinski definition) is 1. The fourth-order valence-electron chi connectivity index (χ4n) is 1.03. The van der Waals surface area contributed by atoms with Crippen LogP contribution in [0.1, 0.15) is 39.5 Å². The SMILES string of the molecule is CC=CC=CC=CC(=O)CCCCC. The van der Waals surface area contributed by atoms with E-state index in [9.17, 15) is 4.79 Å². The van der Waals surface area contributed by atoms with E-state index in [4.69, 9.17) is 0 Å². The third kappa shape index (κ3) is 8.98. The van der Waals surface area contributed by atoms with Crippen molar-refractivity contribution >= 4 is 5.78 Å². The van der Waals surface area contributed by atoms with Crippen LogP contribution in [-0.4, -0.2) is 5.78 Å². The lowest BCUT2D eigenvalue weighted by Gasteiger charge is -1.92. The van der Waals surface area contributed by atoms with Crippen molar-refractivity contribution in [3.63, 3.8) is 0 Å². The monoisotopic (exact) mass is 192 g/mol. The van der Waals surface area contributed by atoms with Crippen LogP contribution < -0.4 is 0 Å². The quantitative estimate of drug-likeness (QED) is 0.340. The zero-order chi connectivity index (χ0) is 10.6. The molecule has 0 aromatic heterocycles. The van der Waals surface area contributed by atoms with Crippen molar-refractivity contribution in [2.24, 2.45) is 0 Å². The van der Waals surface area contributed by atoms with Gasteiger partial charge in [0.15, 0.2) is 5.78 Å². The van der Waals surface area contributed by atoms with E-state index in [-0.39, 0.29) is 5.78 Å². The molecule has 1 nitrogen and oxygen atoms in total. The van der Waals surface area contributed by atoms with Crippen LogP contribution in [0, 0.1) is 0 Å². The first-order valence-electron chi connectivity index (χ1n) is 5.30. The summed E-state index contributed by atoms with van der Waals surface area (Å²) < 4.78 is 0. The Morgan fingerprint density at radius 3 is 2.43 bits per heavy atom. The summed E-state index contributed by atoms with van der Waals surface area (Å²) in [4.78, 5) is 11.2. The van der Waals surface area contributed by atoms with Gasteiger partial charge >= 0.3 is 0 Å². The summed E-state index contributed by atoms with van der Waals surface area (Å²) in [7, 11) is 0. The topological polar surface area (TPSA) is 17.1 Å². The highest BCUT2D eigenvalue weighted by atomic mass is 16.1. The smallest absolute Gasteiger partial charge is 0.155 e. The lowest BCUT2D eigenvalue weighted by atomic mass is 10.1. The van der Waals surface area contributed by atoms with Gasteiger partial charge in [0.1, 0.15) is 0 Å². The molecule has 0 bridgehead atoms. The Kier molecular flexibility index (Phi) is 9.18. The van der Waals surface area contributed by atoms with Crippen LogP contribution in [0.3, 0.4) is 0 Å². The average molecular weight is 192 g/mol. The summed E-state index contributed by atoms with van der Waals surface area (Å²) >= 11 is 0. The van der Waals surface area contributed by atoms with Crippen molar-refractivity contribution in [3.05, 3.63) is 36.5 Å². The highest BCUT2D eigenvalue weighted by Crippen LogP contribution is 2.00. The second kappa shape index (κ2) is 9.97. The number of allylic oxidation sites excluding steroid dienone is 6. The van der Waals surface area contributed by atoms with Crippen molar-refractivity contribution in [2.45, 2.75) is 39.5 Å². The van der Waals surface area contributed by atoms with E-state index < -0.39 is 0 Å². The van der Waals surface area contributed by atoms with Crippen molar-refractivity contribution in [1.29, 1.82) is 0 Å². The highest BCUT2D eigenvalue weighted by Gasteiger charge is 1.93. The van der Waals surface area contributed by atoms with E-state index in [1.54, 1.807) is 12.2 Å². The van der Waals surface area contributed by atoms with Crippen LogP contribution in [0.15, 0.2) is 36.5 Å². The van der Waals surface area contributed by atoms with Gasteiger partial charge in [0.2, 0.25) is 0 Å². The molecule has 0 aliphatic rings. The van der Waals surface area contributed by atoms with E-state index in [0.717, 1.165) is 19.3 Å². The minimum atomic E-state index is 0.226. The van der Waals surface area contributed by atoms with Gasteiger partial charge in [0.25, 0.3) is 0 Å². The molecule has 0 unspecified atom stereocenters. The summed E-state index contributed by atoms with van der Waals surface area (Å²) in [5.41, 5.74) is 0. The van der Waals surface area contributed by atoms with Gasteiger partial charge in [0, 0.05) is 6.42 Å². The minimum absolute atomic E-state index is 0.226. The Labute approximate surface area is 87.2 Å². The van der Waals surface area contributed by atoms with E-state index in [0.29, 0.717) is 6.42 Å². The van der Waals surface area contributed by atoms with E-state index >= 15 is 0 Å². The fourth-order valence-corrected chi connectivity index (χ4v) is 1.03. The molecule has 1 heteroatoms. The minimum Gasteiger partial charge on any atom is -0.295 e. The normalized spacial score (nSPS) is 12.1. The maximum absolute atomic E-state index is 11.2. The van der Waals surface area contributed by atoms with Gasteiger partial charge in [-0.3, -0.25) is 4.79 Å². The predicted molar refractivity (Wildman–Crippen MR) is 62.2 cm³/mol. The van der Waals surface area contributed by atoms with Gasteiger partial charge in [0.05, 0.1) is 0 Å². The summed E-state index contributed by atoms with van der Waals surface area (Å²) in [6.07, 6.45) is 15.1. The maximum Gasteiger partial charge on any atom is 0.155 e. The molecular formula is C13H20O. The number of hydrogen-bond donors (Lipinski definition) is 0. The molecule has 0 N–H and O–H groups in total. The van der Waals surface area contributed by atoms with Crippen LogP contribution in [0.25, 0.3) is 0 Å². The zero-order valence-electron chi connectivity index (χ0n) is 9.20. The fraction of sp³-hybridized carbons (Fsp3) is 0.462. The average Bonchev–Trinajstić information content (AvgIpc) is 2.18. The van der Waals surface area contributed by atoms with Gasteiger partial charge in [-0.25, -0.2) is 0 Å².